The van der Waals surface area contributed by atoms with Crippen molar-refractivity contribution in [2.24, 2.45) is 11.3 Å². The first-order valence-corrected chi connectivity index (χ1v) is 9.28. The number of methoxy groups -OCH3 is 1. The van der Waals surface area contributed by atoms with E-state index in [9.17, 15) is 9.59 Å². The molecule has 1 rings (SSSR count). The van der Waals surface area contributed by atoms with Gasteiger partial charge in [-0.25, -0.2) is 4.79 Å². The van der Waals surface area contributed by atoms with E-state index >= 15 is 0 Å². The summed E-state index contributed by atoms with van der Waals surface area (Å²) in [6.07, 6.45) is 14.7. The molecule has 146 valence electrons. The fraction of sp³-hybridized carbons (Fsp3) is 0.417. The Labute approximate surface area is 163 Å². The van der Waals surface area contributed by atoms with Crippen LogP contribution in [0.15, 0.2) is 71.4 Å². The molecule has 0 bridgehead atoms. The summed E-state index contributed by atoms with van der Waals surface area (Å²) in [5.74, 6) is -0.0862. The van der Waals surface area contributed by atoms with E-state index in [1.54, 1.807) is 0 Å². The zero-order valence-electron chi connectivity index (χ0n) is 17.5. The Hall–Kier alpha value is -2.42. The predicted octanol–water partition coefficient (Wildman–Crippen LogP) is 5.67. The first-order valence-electron chi connectivity index (χ1n) is 9.28. The molecule has 0 aliphatic heterocycles. The fourth-order valence-corrected chi connectivity index (χ4v) is 3.42. The number of carbonyl (C=O) groups is 2. The highest BCUT2D eigenvalue weighted by molar-refractivity contribution is 5.99. The van der Waals surface area contributed by atoms with Crippen LogP contribution in [0.25, 0.3) is 0 Å². The Balaban J connectivity index is 2.96. The quantitative estimate of drug-likeness (QED) is 0.252. The van der Waals surface area contributed by atoms with E-state index < -0.39 is 0 Å². The van der Waals surface area contributed by atoms with Crippen molar-refractivity contribution in [3.63, 3.8) is 0 Å². The van der Waals surface area contributed by atoms with E-state index in [-0.39, 0.29) is 23.1 Å². The lowest BCUT2D eigenvalue weighted by atomic mass is 9.67. The number of ether oxygens (including phenoxy) is 1. The standard InChI is InChI=1S/C24H32O3/c1-8-10-20-16-24(5,6)21(19(4)23(20)26)14-13-17(2)11-9-12-18(3)15-22(25)27-7/h8-9,11-15,20H,1,10,16H2,2-7H3. The molecule has 0 spiro atoms. The molecule has 0 aromatic heterocycles. The molecule has 3 heteroatoms. The number of ketones is 1. The molecule has 0 saturated carbocycles. The van der Waals surface area contributed by atoms with Crippen LogP contribution < -0.4 is 0 Å². The molecule has 1 aliphatic carbocycles. The van der Waals surface area contributed by atoms with Gasteiger partial charge in [0.1, 0.15) is 0 Å². The maximum atomic E-state index is 12.6. The van der Waals surface area contributed by atoms with Crippen LogP contribution >= 0.6 is 0 Å². The van der Waals surface area contributed by atoms with Gasteiger partial charge in [0.15, 0.2) is 5.78 Å². The van der Waals surface area contributed by atoms with Gasteiger partial charge in [-0.2, -0.15) is 0 Å². The Morgan fingerprint density at radius 1 is 1.26 bits per heavy atom. The second-order valence-electron chi connectivity index (χ2n) is 7.73. The molecule has 0 aromatic carbocycles. The monoisotopic (exact) mass is 368 g/mol. The molecular weight excluding hydrogens is 336 g/mol. The van der Waals surface area contributed by atoms with Gasteiger partial charge in [0.25, 0.3) is 0 Å². The number of allylic oxidation sites excluding steroid dienone is 10. The van der Waals surface area contributed by atoms with E-state index in [1.807, 2.05) is 51.2 Å². The third-order valence-electron chi connectivity index (χ3n) is 4.86. The normalized spacial score (nSPS) is 21.3. The third-order valence-corrected chi connectivity index (χ3v) is 4.86. The molecule has 0 amide bonds. The van der Waals surface area contributed by atoms with E-state index in [0.29, 0.717) is 0 Å². The second-order valence-corrected chi connectivity index (χ2v) is 7.73. The minimum absolute atomic E-state index is 0.0406. The molecule has 0 N–H and O–H groups in total. The number of hydrogen-bond donors (Lipinski definition) is 0. The first-order chi connectivity index (χ1) is 12.6. The summed E-state index contributed by atoms with van der Waals surface area (Å²) in [6, 6.07) is 0. The molecule has 1 aliphatic rings. The lowest BCUT2D eigenvalue weighted by molar-refractivity contribution is -0.134. The van der Waals surface area contributed by atoms with E-state index in [2.05, 4.69) is 31.2 Å². The minimum Gasteiger partial charge on any atom is -0.466 e. The van der Waals surface area contributed by atoms with Crippen LogP contribution in [0.2, 0.25) is 0 Å². The highest BCUT2D eigenvalue weighted by Gasteiger charge is 2.36. The van der Waals surface area contributed by atoms with Gasteiger partial charge in [0, 0.05) is 12.0 Å². The Morgan fingerprint density at radius 3 is 2.52 bits per heavy atom. The summed E-state index contributed by atoms with van der Waals surface area (Å²) in [7, 11) is 1.36. The largest absolute Gasteiger partial charge is 0.466 e. The number of esters is 1. The van der Waals surface area contributed by atoms with Gasteiger partial charge >= 0.3 is 5.97 Å². The van der Waals surface area contributed by atoms with Gasteiger partial charge in [-0.05, 0) is 55.7 Å². The Kier molecular flexibility index (Phi) is 8.42. The molecule has 27 heavy (non-hydrogen) atoms. The first kappa shape index (κ1) is 22.6. The van der Waals surface area contributed by atoms with E-state index in [1.165, 1.54) is 13.2 Å². The Morgan fingerprint density at radius 2 is 1.93 bits per heavy atom. The van der Waals surface area contributed by atoms with Gasteiger partial charge in [0.2, 0.25) is 0 Å². The van der Waals surface area contributed by atoms with Crippen molar-refractivity contribution in [1.29, 1.82) is 0 Å². The van der Waals surface area contributed by atoms with Crippen molar-refractivity contribution < 1.29 is 14.3 Å². The van der Waals surface area contributed by atoms with Crippen molar-refractivity contribution in [3.05, 3.63) is 71.4 Å². The van der Waals surface area contributed by atoms with Crippen LogP contribution in [0, 0.1) is 11.3 Å². The predicted molar refractivity (Wildman–Crippen MR) is 112 cm³/mol. The zero-order chi connectivity index (χ0) is 20.6. The van der Waals surface area contributed by atoms with Crippen LogP contribution in [0.5, 0.6) is 0 Å². The van der Waals surface area contributed by atoms with Crippen LogP contribution in [0.4, 0.5) is 0 Å². The number of carbonyl (C=O) groups excluding carboxylic acids is 2. The maximum absolute atomic E-state index is 12.6. The van der Waals surface area contributed by atoms with Crippen molar-refractivity contribution in [2.45, 2.75) is 47.5 Å². The third kappa shape index (κ3) is 6.67. The molecular formula is C24H32O3. The lowest BCUT2D eigenvalue weighted by Crippen LogP contribution is -2.32. The van der Waals surface area contributed by atoms with Crippen LogP contribution in [-0.4, -0.2) is 18.9 Å². The van der Waals surface area contributed by atoms with Crippen molar-refractivity contribution in [2.75, 3.05) is 7.11 Å². The summed E-state index contributed by atoms with van der Waals surface area (Å²) in [6.45, 7) is 13.9. The molecule has 0 fully saturated rings. The summed E-state index contributed by atoms with van der Waals surface area (Å²) in [5, 5.41) is 0. The Bertz CT molecular complexity index is 740. The van der Waals surface area contributed by atoms with Crippen LogP contribution in [0.1, 0.15) is 47.5 Å². The van der Waals surface area contributed by atoms with Crippen LogP contribution in [0.3, 0.4) is 0 Å². The molecule has 0 aromatic rings. The van der Waals surface area contributed by atoms with Crippen LogP contribution in [-0.2, 0) is 14.3 Å². The zero-order valence-corrected chi connectivity index (χ0v) is 17.5. The van der Waals surface area contributed by atoms with Crippen molar-refractivity contribution in [1.82, 2.24) is 0 Å². The lowest BCUT2D eigenvalue weighted by Gasteiger charge is -2.36. The molecule has 0 radical (unpaired) electrons. The number of hydrogen-bond acceptors (Lipinski definition) is 3. The van der Waals surface area contributed by atoms with Gasteiger partial charge in [0.05, 0.1) is 7.11 Å². The highest BCUT2D eigenvalue weighted by Crippen LogP contribution is 2.43. The highest BCUT2D eigenvalue weighted by atomic mass is 16.5. The molecule has 0 heterocycles. The molecule has 1 atom stereocenters. The van der Waals surface area contributed by atoms with Gasteiger partial charge in [-0.15, -0.1) is 6.58 Å². The summed E-state index contributed by atoms with van der Waals surface area (Å²) in [4.78, 5) is 23.8. The van der Waals surface area contributed by atoms with Gasteiger partial charge in [-0.1, -0.05) is 55.9 Å². The minimum atomic E-state index is -0.362. The topological polar surface area (TPSA) is 43.4 Å². The molecule has 0 saturated heterocycles. The van der Waals surface area contributed by atoms with E-state index in [4.69, 9.17) is 0 Å². The smallest absolute Gasteiger partial charge is 0.330 e. The average Bonchev–Trinajstić information content (AvgIpc) is 2.59. The second kappa shape index (κ2) is 10.1. The summed E-state index contributed by atoms with van der Waals surface area (Å²) >= 11 is 0. The number of Topliss-reactive ketones (excluding diaryl/α,β-unsaturated/α-hetero) is 1. The average molecular weight is 369 g/mol. The van der Waals surface area contributed by atoms with E-state index in [0.717, 1.165) is 35.1 Å². The molecule has 1 unspecified atom stereocenters. The van der Waals surface area contributed by atoms with Gasteiger partial charge in [-0.3, -0.25) is 4.79 Å². The van der Waals surface area contributed by atoms with Crippen molar-refractivity contribution >= 4 is 11.8 Å². The number of rotatable bonds is 7. The SMILES string of the molecule is C=CCC1CC(C)(C)C(C=CC(C)=CC=CC(C)=CC(=O)OC)=C(C)C1=O. The fourth-order valence-electron chi connectivity index (χ4n) is 3.42. The maximum Gasteiger partial charge on any atom is 0.330 e. The summed E-state index contributed by atoms with van der Waals surface area (Å²) < 4.78 is 4.60. The summed E-state index contributed by atoms with van der Waals surface area (Å²) in [5.41, 5.74) is 3.80. The van der Waals surface area contributed by atoms with Crippen molar-refractivity contribution in [3.8, 4) is 0 Å². The molecule has 3 nitrogen and oxygen atoms in total. The van der Waals surface area contributed by atoms with Gasteiger partial charge < -0.3 is 4.74 Å².